The molecule has 166 valence electrons. The number of rotatable bonds is 6. The van der Waals surface area contributed by atoms with Crippen molar-refractivity contribution in [1.82, 2.24) is 20.4 Å². The molecule has 10 heteroatoms. The Balaban J connectivity index is 1.47. The molecule has 4 amide bonds. The van der Waals surface area contributed by atoms with Crippen LogP contribution in [-0.4, -0.2) is 85.8 Å². The predicted molar refractivity (Wildman–Crippen MR) is 110 cm³/mol. The number of hydrogen-bond donors (Lipinski definition) is 2. The third kappa shape index (κ3) is 4.17. The summed E-state index contributed by atoms with van der Waals surface area (Å²) in [6.07, 6.45) is 0.943. The molecule has 31 heavy (non-hydrogen) atoms. The second-order valence-electron chi connectivity index (χ2n) is 8.16. The van der Waals surface area contributed by atoms with Crippen molar-refractivity contribution < 1.29 is 23.6 Å². The number of hydrogen-bond acceptors (Lipinski definition) is 7. The molecule has 1 aromatic carbocycles. The van der Waals surface area contributed by atoms with E-state index in [0.29, 0.717) is 6.54 Å². The van der Waals surface area contributed by atoms with Gasteiger partial charge in [0.15, 0.2) is 0 Å². The lowest BCUT2D eigenvalue weighted by Crippen LogP contribution is -2.54. The summed E-state index contributed by atoms with van der Waals surface area (Å²) in [6.45, 7) is 5.41. The van der Waals surface area contributed by atoms with Gasteiger partial charge in [-0.05, 0) is 31.5 Å². The van der Waals surface area contributed by atoms with Crippen molar-refractivity contribution in [3.05, 3.63) is 29.1 Å². The Hall–Kier alpha value is -2.85. The number of carbonyl (C=O) groups is 4. The van der Waals surface area contributed by atoms with E-state index in [9.17, 15) is 23.6 Å². The molecule has 1 atom stereocenters. The molecule has 0 spiro atoms. The standard InChI is InChI=1S/C21H26FN5O4/c1-25(7-2-8-26-9-5-23-6-10-26)17-12-14-13(11-15(17)22)20(30)27(21(14)31)16-3-4-18(28)24-19(16)29/h11-12,16,23H,2-10H2,1H3,(H,24,28,29). The minimum absolute atomic E-state index is 0.0409. The average molecular weight is 431 g/mol. The lowest BCUT2D eigenvalue weighted by molar-refractivity contribution is -0.136. The Morgan fingerprint density at radius 3 is 2.45 bits per heavy atom. The quantitative estimate of drug-likeness (QED) is 0.610. The average Bonchev–Trinajstić information content (AvgIpc) is 2.98. The molecular weight excluding hydrogens is 405 g/mol. The molecule has 3 aliphatic heterocycles. The van der Waals surface area contributed by atoms with Gasteiger partial charge >= 0.3 is 0 Å². The first-order valence-corrected chi connectivity index (χ1v) is 10.6. The monoisotopic (exact) mass is 431 g/mol. The van der Waals surface area contributed by atoms with Crippen molar-refractivity contribution in [3.8, 4) is 0 Å². The second kappa shape index (κ2) is 8.72. The van der Waals surface area contributed by atoms with Crippen LogP contribution in [0.2, 0.25) is 0 Å². The van der Waals surface area contributed by atoms with Crippen molar-refractivity contribution in [2.24, 2.45) is 0 Å². The highest BCUT2D eigenvalue weighted by Crippen LogP contribution is 2.32. The number of nitrogens with zero attached hydrogens (tertiary/aromatic N) is 3. The van der Waals surface area contributed by atoms with Gasteiger partial charge in [-0.15, -0.1) is 0 Å². The predicted octanol–water partition coefficient (Wildman–Crippen LogP) is -0.0416. The molecule has 3 heterocycles. The van der Waals surface area contributed by atoms with Gasteiger partial charge in [-0.1, -0.05) is 0 Å². The normalized spacial score (nSPS) is 22.0. The van der Waals surface area contributed by atoms with Crippen LogP contribution in [0.25, 0.3) is 0 Å². The highest BCUT2D eigenvalue weighted by atomic mass is 19.1. The second-order valence-corrected chi connectivity index (χ2v) is 8.16. The molecule has 0 bridgehead atoms. The summed E-state index contributed by atoms with van der Waals surface area (Å²) in [4.78, 5) is 54.2. The Labute approximate surface area is 179 Å². The van der Waals surface area contributed by atoms with Crippen LogP contribution in [0.1, 0.15) is 40.0 Å². The van der Waals surface area contributed by atoms with Crippen molar-refractivity contribution in [2.45, 2.75) is 25.3 Å². The smallest absolute Gasteiger partial charge is 0.262 e. The summed E-state index contributed by atoms with van der Waals surface area (Å²) in [5.41, 5.74) is 0.274. The lowest BCUT2D eigenvalue weighted by Gasteiger charge is -2.28. The molecule has 0 aromatic heterocycles. The Kier molecular flexibility index (Phi) is 6.01. The molecule has 2 saturated heterocycles. The molecule has 2 fully saturated rings. The first kappa shape index (κ1) is 21.4. The van der Waals surface area contributed by atoms with Crippen LogP contribution in [0.5, 0.6) is 0 Å². The number of halogens is 1. The molecule has 0 saturated carbocycles. The minimum Gasteiger partial charge on any atom is -0.372 e. The molecule has 1 aromatic rings. The van der Waals surface area contributed by atoms with Crippen LogP contribution in [0, 0.1) is 5.82 Å². The molecule has 2 N–H and O–H groups in total. The van der Waals surface area contributed by atoms with Gasteiger partial charge in [0.25, 0.3) is 11.8 Å². The SMILES string of the molecule is CN(CCCN1CCNCC1)c1cc2c(cc1F)C(=O)N(C1CCC(=O)NC1=O)C2=O. The van der Waals surface area contributed by atoms with Crippen LogP contribution >= 0.6 is 0 Å². The number of imide groups is 2. The number of carbonyl (C=O) groups excluding carboxylic acids is 4. The van der Waals surface area contributed by atoms with E-state index in [2.05, 4.69) is 15.5 Å². The van der Waals surface area contributed by atoms with Gasteiger partial charge in [0.1, 0.15) is 11.9 Å². The van der Waals surface area contributed by atoms with Crippen LogP contribution < -0.4 is 15.5 Å². The van der Waals surface area contributed by atoms with Crippen LogP contribution in [-0.2, 0) is 9.59 Å². The first-order valence-electron chi connectivity index (χ1n) is 10.6. The van der Waals surface area contributed by atoms with E-state index in [1.54, 1.807) is 11.9 Å². The van der Waals surface area contributed by atoms with Gasteiger partial charge in [0.2, 0.25) is 11.8 Å². The number of anilines is 1. The molecule has 3 aliphatic rings. The third-order valence-corrected chi connectivity index (χ3v) is 6.10. The van der Waals surface area contributed by atoms with Crippen molar-refractivity contribution in [3.63, 3.8) is 0 Å². The van der Waals surface area contributed by atoms with Crippen LogP contribution in [0.4, 0.5) is 10.1 Å². The highest BCUT2D eigenvalue weighted by molar-refractivity contribution is 6.23. The molecular formula is C21H26FN5O4. The first-order chi connectivity index (χ1) is 14.9. The molecule has 0 radical (unpaired) electrons. The zero-order valence-corrected chi connectivity index (χ0v) is 17.4. The largest absolute Gasteiger partial charge is 0.372 e. The van der Waals surface area contributed by atoms with E-state index in [0.717, 1.165) is 50.1 Å². The zero-order chi connectivity index (χ0) is 22.1. The lowest BCUT2D eigenvalue weighted by atomic mass is 10.0. The number of piperazine rings is 1. The Morgan fingerprint density at radius 2 is 1.77 bits per heavy atom. The van der Waals surface area contributed by atoms with Gasteiger partial charge in [-0.25, -0.2) is 4.39 Å². The summed E-state index contributed by atoms with van der Waals surface area (Å²) in [7, 11) is 1.75. The zero-order valence-electron chi connectivity index (χ0n) is 17.4. The van der Waals surface area contributed by atoms with E-state index in [-0.39, 0.29) is 29.7 Å². The van der Waals surface area contributed by atoms with E-state index in [1.165, 1.54) is 6.07 Å². The fourth-order valence-electron chi connectivity index (χ4n) is 4.36. The Bertz CT molecular complexity index is 931. The Morgan fingerprint density at radius 1 is 1.10 bits per heavy atom. The number of fused-ring (bicyclic) bond motifs is 1. The van der Waals surface area contributed by atoms with Crippen molar-refractivity contribution in [1.29, 1.82) is 0 Å². The van der Waals surface area contributed by atoms with E-state index < -0.39 is 35.5 Å². The summed E-state index contributed by atoms with van der Waals surface area (Å²) in [5, 5.41) is 5.46. The molecule has 0 aliphatic carbocycles. The summed E-state index contributed by atoms with van der Waals surface area (Å²) >= 11 is 0. The number of piperidine rings is 1. The highest BCUT2D eigenvalue weighted by Gasteiger charge is 2.45. The van der Waals surface area contributed by atoms with Crippen LogP contribution in [0.3, 0.4) is 0 Å². The van der Waals surface area contributed by atoms with Gasteiger partial charge in [-0.3, -0.25) is 29.4 Å². The van der Waals surface area contributed by atoms with Crippen LogP contribution in [0.15, 0.2) is 12.1 Å². The summed E-state index contributed by atoms with van der Waals surface area (Å²) in [6, 6.07) is 1.40. The topological polar surface area (TPSA) is 102 Å². The maximum Gasteiger partial charge on any atom is 0.262 e. The van der Waals surface area contributed by atoms with Gasteiger partial charge in [-0.2, -0.15) is 0 Å². The van der Waals surface area contributed by atoms with Gasteiger partial charge < -0.3 is 15.1 Å². The fourth-order valence-corrected chi connectivity index (χ4v) is 4.36. The minimum atomic E-state index is -1.06. The van der Waals surface area contributed by atoms with Gasteiger partial charge in [0, 0.05) is 46.2 Å². The van der Waals surface area contributed by atoms with E-state index in [1.807, 2.05) is 0 Å². The summed E-state index contributed by atoms with van der Waals surface area (Å²) in [5.74, 6) is -3.05. The van der Waals surface area contributed by atoms with Crippen molar-refractivity contribution in [2.75, 3.05) is 51.2 Å². The third-order valence-electron chi connectivity index (χ3n) is 6.10. The van der Waals surface area contributed by atoms with E-state index in [4.69, 9.17) is 0 Å². The summed E-state index contributed by atoms with van der Waals surface area (Å²) < 4.78 is 14.8. The number of benzene rings is 1. The van der Waals surface area contributed by atoms with E-state index >= 15 is 0 Å². The molecule has 4 rings (SSSR count). The fraction of sp³-hybridized carbons (Fsp3) is 0.524. The molecule has 1 unspecified atom stereocenters. The maximum atomic E-state index is 14.8. The maximum absolute atomic E-state index is 14.8. The number of amides is 4. The van der Waals surface area contributed by atoms with Crippen molar-refractivity contribution >= 4 is 29.3 Å². The van der Waals surface area contributed by atoms with Gasteiger partial charge in [0.05, 0.1) is 16.8 Å². The molecule has 9 nitrogen and oxygen atoms in total. The number of nitrogens with one attached hydrogen (secondary N) is 2.